The van der Waals surface area contributed by atoms with Crippen LogP contribution in [-0.4, -0.2) is 10.2 Å². The van der Waals surface area contributed by atoms with E-state index < -0.39 is 0 Å². The molecule has 0 saturated carbocycles. The first-order valence-electron chi connectivity index (χ1n) is 7.51. The van der Waals surface area contributed by atoms with Crippen LogP contribution in [0.3, 0.4) is 0 Å². The molecule has 2 nitrogen and oxygen atoms in total. The van der Waals surface area contributed by atoms with Gasteiger partial charge in [-0.2, -0.15) is 0 Å². The molecule has 0 aliphatic heterocycles. The molecule has 0 unspecified atom stereocenters. The normalized spacial score (nSPS) is 11.4. The van der Waals surface area contributed by atoms with E-state index in [4.69, 9.17) is 0 Å². The topological polar surface area (TPSA) is 40.5 Å². The summed E-state index contributed by atoms with van der Waals surface area (Å²) in [5.41, 5.74) is 8.42. The number of phenols is 2. The summed E-state index contributed by atoms with van der Waals surface area (Å²) in [7, 11) is 0. The SMILES string of the molecule is Cc1cc(O)c(C)c(C)c1/C=C/c1c(C)cc(O)c(C)c1C. The highest BCUT2D eigenvalue weighted by atomic mass is 16.3. The Morgan fingerprint density at radius 2 is 0.909 bits per heavy atom. The summed E-state index contributed by atoms with van der Waals surface area (Å²) in [4.78, 5) is 0. The van der Waals surface area contributed by atoms with Crippen LogP contribution in [0.1, 0.15) is 44.5 Å². The molecule has 2 heteroatoms. The Hall–Kier alpha value is -2.22. The van der Waals surface area contributed by atoms with E-state index in [1.807, 2.05) is 53.7 Å². The van der Waals surface area contributed by atoms with Crippen LogP contribution in [-0.2, 0) is 0 Å². The monoisotopic (exact) mass is 296 g/mol. The fraction of sp³-hybridized carbons (Fsp3) is 0.300. The van der Waals surface area contributed by atoms with E-state index in [2.05, 4.69) is 12.2 Å². The number of rotatable bonds is 2. The number of aromatic hydroxyl groups is 2. The van der Waals surface area contributed by atoms with Crippen molar-refractivity contribution < 1.29 is 10.2 Å². The number of phenolic OH excluding ortho intramolecular Hbond substituents is 2. The van der Waals surface area contributed by atoms with Crippen LogP contribution in [0.2, 0.25) is 0 Å². The maximum absolute atomic E-state index is 9.89. The van der Waals surface area contributed by atoms with E-state index >= 15 is 0 Å². The van der Waals surface area contributed by atoms with Crippen molar-refractivity contribution in [3.05, 3.63) is 56.6 Å². The first-order chi connectivity index (χ1) is 10.2. The Balaban J connectivity index is 2.56. The standard InChI is InChI=1S/C20H24O2/c1-11-9-19(21)15(5)13(3)17(11)7-8-18-12(2)10-20(22)16(6)14(18)4/h7-10,21-22H,1-6H3/b8-7+. The molecule has 22 heavy (non-hydrogen) atoms. The number of hydrogen-bond acceptors (Lipinski definition) is 2. The van der Waals surface area contributed by atoms with Gasteiger partial charge in [-0.05, 0) is 98.2 Å². The number of benzene rings is 2. The van der Waals surface area contributed by atoms with Gasteiger partial charge in [-0.3, -0.25) is 0 Å². The molecule has 0 heterocycles. The second kappa shape index (κ2) is 5.88. The van der Waals surface area contributed by atoms with Crippen LogP contribution in [0.15, 0.2) is 12.1 Å². The third kappa shape index (κ3) is 2.74. The molecule has 0 radical (unpaired) electrons. The molecule has 0 atom stereocenters. The minimum absolute atomic E-state index is 0.347. The third-order valence-electron chi connectivity index (χ3n) is 4.67. The van der Waals surface area contributed by atoms with Gasteiger partial charge in [0.25, 0.3) is 0 Å². The molecule has 0 aliphatic carbocycles. The van der Waals surface area contributed by atoms with E-state index in [1.54, 1.807) is 0 Å². The summed E-state index contributed by atoms with van der Waals surface area (Å²) in [6, 6.07) is 3.62. The summed E-state index contributed by atoms with van der Waals surface area (Å²) in [5, 5.41) is 19.8. The Morgan fingerprint density at radius 3 is 1.23 bits per heavy atom. The zero-order chi connectivity index (χ0) is 16.6. The molecule has 2 aromatic carbocycles. The first kappa shape index (κ1) is 16.2. The lowest BCUT2D eigenvalue weighted by atomic mass is 9.93. The Labute approximate surface area is 132 Å². The van der Waals surface area contributed by atoms with Crippen LogP contribution >= 0.6 is 0 Å². The average Bonchev–Trinajstić information content (AvgIpc) is 2.45. The summed E-state index contributed by atoms with van der Waals surface area (Å²) < 4.78 is 0. The zero-order valence-corrected chi connectivity index (χ0v) is 14.2. The average molecular weight is 296 g/mol. The van der Waals surface area contributed by atoms with Crippen LogP contribution < -0.4 is 0 Å². The molecule has 0 aliphatic rings. The molecule has 2 N–H and O–H groups in total. The molecule has 2 rings (SSSR count). The van der Waals surface area contributed by atoms with E-state index in [0.29, 0.717) is 11.5 Å². The maximum Gasteiger partial charge on any atom is 0.119 e. The quantitative estimate of drug-likeness (QED) is 0.755. The maximum atomic E-state index is 9.89. The molecule has 2 aromatic rings. The Kier molecular flexibility index (Phi) is 4.32. The minimum atomic E-state index is 0.347. The van der Waals surface area contributed by atoms with Crippen molar-refractivity contribution in [1.29, 1.82) is 0 Å². The highest BCUT2D eigenvalue weighted by molar-refractivity contribution is 5.77. The number of aryl methyl sites for hydroxylation is 2. The van der Waals surface area contributed by atoms with Gasteiger partial charge in [-0.15, -0.1) is 0 Å². The molecule has 116 valence electrons. The minimum Gasteiger partial charge on any atom is -0.508 e. The summed E-state index contributed by atoms with van der Waals surface area (Å²) in [5.74, 6) is 0.694. The molecule has 0 spiro atoms. The lowest BCUT2D eigenvalue weighted by Gasteiger charge is -2.13. The Bertz CT molecular complexity index is 703. The predicted molar refractivity (Wildman–Crippen MR) is 93.6 cm³/mol. The largest absolute Gasteiger partial charge is 0.508 e. The van der Waals surface area contributed by atoms with Gasteiger partial charge in [-0.25, -0.2) is 0 Å². The summed E-state index contributed by atoms with van der Waals surface area (Å²) >= 11 is 0. The van der Waals surface area contributed by atoms with Gasteiger partial charge < -0.3 is 10.2 Å². The summed E-state index contributed by atoms with van der Waals surface area (Å²) in [6.07, 6.45) is 4.20. The van der Waals surface area contributed by atoms with Gasteiger partial charge in [0.1, 0.15) is 11.5 Å². The lowest BCUT2D eigenvalue weighted by Crippen LogP contribution is -1.93. The van der Waals surface area contributed by atoms with E-state index in [9.17, 15) is 10.2 Å². The van der Waals surface area contributed by atoms with E-state index in [0.717, 1.165) is 44.5 Å². The zero-order valence-electron chi connectivity index (χ0n) is 14.2. The van der Waals surface area contributed by atoms with Crippen molar-refractivity contribution in [3.8, 4) is 11.5 Å². The number of hydrogen-bond donors (Lipinski definition) is 2. The molecular formula is C20H24O2. The van der Waals surface area contributed by atoms with Crippen molar-refractivity contribution in [3.63, 3.8) is 0 Å². The highest BCUT2D eigenvalue weighted by Crippen LogP contribution is 2.30. The van der Waals surface area contributed by atoms with Gasteiger partial charge >= 0.3 is 0 Å². The van der Waals surface area contributed by atoms with Crippen molar-refractivity contribution in [2.45, 2.75) is 41.5 Å². The van der Waals surface area contributed by atoms with Crippen molar-refractivity contribution in [2.24, 2.45) is 0 Å². The fourth-order valence-corrected chi connectivity index (χ4v) is 2.84. The predicted octanol–water partition coefficient (Wildman–Crippen LogP) is 5.12. The summed E-state index contributed by atoms with van der Waals surface area (Å²) in [6.45, 7) is 11.9. The van der Waals surface area contributed by atoms with Crippen LogP contribution in [0, 0.1) is 41.5 Å². The smallest absolute Gasteiger partial charge is 0.119 e. The molecule has 0 saturated heterocycles. The van der Waals surface area contributed by atoms with Crippen LogP contribution in [0.4, 0.5) is 0 Å². The third-order valence-corrected chi connectivity index (χ3v) is 4.67. The van der Waals surface area contributed by atoms with Crippen molar-refractivity contribution in [1.82, 2.24) is 0 Å². The molecule has 0 aromatic heterocycles. The van der Waals surface area contributed by atoms with Crippen molar-refractivity contribution >= 4 is 12.2 Å². The fourth-order valence-electron chi connectivity index (χ4n) is 2.84. The molecule has 0 fully saturated rings. The molecular weight excluding hydrogens is 272 g/mol. The Morgan fingerprint density at radius 1 is 0.591 bits per heavy atom. The van der Waals surface area contributed by atoms with Crippen LogP contribution in [0.25, 0.3) is 12.2 Å². The molecule has 0 amide bonds. The second-order valence-electron chi connectivity index (χ2n) is 6.09. The van der Waals surface area contributed by atoms with Gasteiger partial charge in [0.05, 0.1) is 0 Å². The van der Waals surface area contributed by atoms with Gasteiger partial charge in [-0.1, -0.05) is 12.2 Å². The van der Waals surface area contributed by atoms with Gasteiger partial charge in [0, 0.05) is 0 Å². The first-order valence-corrected chi connectivity index (χ1v) is 7.51. The van der Waals surface area contributed by atoms with Gasteiger partial charge in [0.2, 0.25) is 0 Å². The molecule has 0 bridgehead atoms. The second-order valence-corrected chi connectivity index (χ2v) is 6.09. The van der Waals surface area contributed by atoms with E-state index in [-0.39, 0.29) is 0 Å². The van der Waals surface area contributed by atoms with Crippen LogP contribution in [0.5, 0.6) is 11.5 Å². The highest BCUT2D eigenvalue weighted by Gasteiger charge is 2.09. The van der Waals surface area contributed by atoms with E-state index in [1.165, 1.54) is 0 Å². The lowest BCUT2D eigenvalue weighted by molar-refractivity contribution is 0.469. The van der Waals surface area contributed by atoms with Gasteiger partial charge in [0.15, 0.2) is 0 Å². The van der Waals surface area contributed by atoms with Crippen molar-refractivity contribution in [2.75, 3.05) is 0 Å².